The van der Waals surface area contributed by atoms with E-state index in [0.717, 1.165) is 44.8 Å². The van der Waals surface area contributed by atoms with Crippen LogP contribution < -0.4 is 9.47 Å². The normalized spacial score (nSPS) is 20.9. The molecule has 2 aliphatic heterocycles. The standard InChI is InChI=1S/C22H36N2O4/c1-26-22-15-19(16-24-13-7-8-14-28-24)9-10-21(22)27-18-20(25)17-23-11-5-3-2-4-6-12-23/h9-10,15,20,25H,2-8,11-14,16-18H2,1H3. The summed E-state index contributed by atoms with van der Waals surface area (Å²) >= 11 is 0. The summed E-state index contributed by atoms with van der Waals surface area (Å²) in [5, 5.41) is 12.4. The van der Waals surface area contributed by atoms with E-state index >= 15 is 0 Å². The van der Waals surface area contributed by atoms with E-state index in [4.69, 9.17) is 14.3 Å². The Kier molecular flexibility index (Phi) is 8.86. The van der Waals surface area contributed by atoms with Crippen molar-refractivity contribution in [3.63, 3.8) is 0 Å². The largest absolute Gasteiger partial charge is 0.493 e. The molecule has 6 heteroatoms. The van der Waals surface area contributed by atoms with E-state index in [9.17, 15) is 5.11 Å². The van der Waals surface area contributed by atoms with Gasteiger partial charge in [-0.25, -0.2) is 0 Å². The summed E-state index contributed by atoms with van der Waals surface area (Å²) in [6, 6.07) is 5.97. The summed E-state index contributed by atoms with van der Waals surface area (Å²) in [6.07, 6.45) is 8.21. The van der Waals surface area contributed by atoms with E-state index in [1.807, 2.05) is 23.3 Å². The average Bonchev–Trinajstić information content (AvgIpc) is 2.69. The highest BCUT2D eigenvalue weighted by Crippen LogP contribution is 2.29. The minimum Gasteiger partial charge on any atom is -0.493 e. The summed E-state index contributed by atoms with van der Waals surface area (Å²) in [5.41, 5.74) is 1.13. The van der Waals surface area contributed by atoms with Crippen LogP contribution in [-0.4, -0.2) is 67.7 Å². The van der Waals surface area contributed by atoms with Gasteiger partial charge >= 0.3 is 0 Å². The molecule has 0 aromatic heterocycles. The quantitative estimate of drug-likeness (QED) is 0.733. The predicted octanol–water partition coefficient (Wildman–Crippen LogP) is 3.23. The lowest BCUT2D eigenvalue weighted by molar-refractivity contribution is -0.187. The van der Waals surface area contributed by atoms with Crippen LogP contribution in [0.25, 0.3) is 0 Å². The van der Waals surface area contributed by atoms with Crippen molar-refractivity contribution in [1.29, 1.82) is 0 Å². The number of hydroxylamine groups is 2. The lowest BCUT2D eigenvalue weighted by Gasteiger charge is -2.27. The van der Waals surface area contributed by atoms with Gasteiger partial charge in [0.05, 0.1) is 13.7 Å². The summed E-state index contributed by atoms with van der Waals surface area (Å²) in [4.78, 5) is 8.04. The van der Waals surface area contributed by atoms with E-state index in [1.165, 1.54) is 38.5 Å². The van der Waals surface area contributed by atoms with E-state index < -0.39 is 6.10 Å². The van der Waals surface area contributed by atoms with Crippen LogP contribution in [0.1, 0.15) is 50.5 Å². The molecule has 1 N–H and O–H groups in total. The molecular weight excluding hydrogens is 356 g/mol. The molecule has 0 aliphatic carbocycles. The van der Waals surface area contributed by atoms with Gasteiger partial charge < -0.3 is 19.5 Å². The monoisotopic (exact) mass is 392 g/mol. The topological polar surface area (TPSA) is 54.4 Å². The van der Waals surface area contributed by atoms with Gasteiger partial charge in [-0.2, -0.15) is 5.06 Å². The predicted molar refractivity (Wildman–Crippen MR) is 110 cm³/mol. The van der Waals surface area contributed by atoms with Crippen LogP contribution in [0.5, 0.6) is 11.5 Å². The lowest BCUT2D eigenvalue weighted by atomic mass is 10.1. The van der Waals surface area contributed by atoms with Gasteiger partial charge in [-0.3, -0.25) is 4.84 Å². The molecule has 2 aliphatic rings. The SMILES string of the molecule is COc1cc(CN2CCCCO2)ccc1OCC(O)CN1CCCCCCC1. The zero-order valence-corrected chi connectivity index (χ0v) is 17.3. The first-order valence-electron chi connectivity index (χ1n) is 10.8. The van der Waals surface area contributed by atoms with E-state index in [0.29, 0.717) is 18.0 Å². The second kappa shape index (κ2) is 11.6. The molecule has 2 fully saturated rings. The molecule has 158 valence electrons. The van der Waals surface area contributed by atoms with Crippen molar-refractivity contribution in [3.05, 3.63) is 23.8 Å². The molecule has 0 amide bonds. The lowest BCUT2D eigenvalue weighted by Crippen LogP contribution is -2.37. The number of ether oxygens (including phenoxy) is 2. The molecule has 0 radical (unpaired) electrons. The van der Waals surface area contributed by atoms with Gasteiger partial charge in [0.2, 0.25) is 0 Å². The number of aliphatic hydroxyl groups is 1. The Morgan fingerprint density at radius 3 is 2.46 bits per heavy atom. The number of hydrogen-bond acceptors (Lipinski definition) is 6. The molecule has 0 saturated carbocycles. The maximum absolute atomic E-state index is 10.4. The number of hydrogen-bond donors (Lipinski definition) is 1. The maximum Gasteiger partial charge on any atom is 0.161 e. The Morgan fingerprint density at radius 1 is 1.00 bits per heavy atom. The first kappa shape index (κ1) is 21.4. The smallest absolute Gasteiger partial charge is 0.161 e. The second-order valence-electron chi connectivity index (χ2n) is 7.92. The molecule has 28 heavy (non-hydrogen) atoms. The molecule has 2 saturated heterocycles. The summed E-state index contributed by atoms with van der Waals surface area (Å²) in [7, 11) is 1.65. The first-order valence-corrected chi connectivity index (χ1v) is 10.8. The van der Waals surface area contributed by atoms with Crippen molar-refractivity contribution in [3.8, 4) is 11.5 Å². The molecule has 6 nitrogen and oxygen atoms in total. The van der Waals surface area contributed by atoms with Crippen LogP contribution >= 0.6 is 0 Å². The van der Waals surface area contributed by atoms with Crippen molar-refractivity contribution in [1.82, 2.24) is 9.96 Å². The van der Waals surface area contributed by atoms with Crippen molar-refractivity contribution in [2.24, 2.45) is 0 Å². The van der Waals surface area contributed by atoms with Crippen LogP contribution in [0, 0.1) is 0 Å². The summed E-state index contributed by atoms with van der Waals surface area (Å²) in [6.45, 7) is 5.61. The minimum absolute atomic E-state index is 0.279. The zero-order chi connectivity index (χ0) is 19.6. The third-order valence-corrected chi connectivity index (χ3v) is 5.51. The first-order chi connectivity index (χ1) is 13.7. The summed E-state index contributed by atoms with van der Waals surface area (Å²) < 4.78 is 11.4. The molecule has 1 unspecified atom stereocenters. The number of methoxy groups -OCH3 is 1. The molecule has 1 atom stereocenters. The average molecular weight is 393 g/mol. The number of β-amino-alcohol motifs (C(OH)–C–C–N with tert-alkyl or cyclic N) is 1. The number of nitrogens with zero attached hydrogens (tertiary/aromatic N) is 2. The van der Waals surface area contributed by atoms with Gasteiger partial charge in [0.25, 0.3) is 0 Å². The van der Waals surface area contributed by atoms with E-state index in [2.05, 4.69) is 4.90 Å². The Morgan fingerprint density at radius 2 is 1.75 bits per heavy atom. The Hall–Kier alpha value is -1.34. The van der Waals surface area contributed by atoms with Crippen molar-refractivity contribution >= 4 is 0 Å². The van der Waals surface area contributed by atoms with Crippen molar-refractivity contribution in [2.75, 3.05) is 46.5 Å². The minimum atomic E-state index is -0.495. The van der Waals surface area contributed by atoms with Gasteiger partial charge in [0.1, 0.15) is 12.7 Å². The second-order valence-corrected chi connectivity index (χ2v) is 7.92. The van der Waals surface area contributed by atoms with Crippen LogP contribution in [0.2, 0.25) is 0 Å². The van der Waals surface area contributed by atoms with E-state index in [1.54, 1.807) is 7.11 Å². The molecular formula is C22H36N2O4. The van der Waals surface area contributed by atoms with Gasteiger partial charge in [0, 0.05) is 19.6 Å². The Balaban J connectivity index is 1.48. The highest BCUT2D eigenvalue weighted by molar-refractivity contribution is 5.43. The van der Waals surface area contributed by atoms with Crippen molar-refractivity contribution < 1.29 is 19.4 Å². The number of rotatable bonds is 8. The molecule has 0 bridgehead atoms. The molecule has 1 aromatic rings. The van der Waals surface area contributed by atoms with Crippen LogP contribution in [0.4, 0.5) is 0 Å². The van der Waals surface area contributed by atoms with Gasteiger partial charge in [-0.1, -0.05) is 25.3 Å². The van der Waals surface area contributed by atoms with Crippen LogP contribution in [0.3, 0.4) is 0 Å². The molecule has 1 aromatic carbocycles. The third-order valence-electron chi connectivity index (χ3n) is 5.51. The molecule has 3 rings (SSSR count). The van der Waals surface area contributed by atoms with Crippen LogP contribution in [-0.2, 0) is 11.4 Å². The number of aliphatic hydroxyl groups excluding tert-OH is 1. The van der Waals surface area contributed by atoms with Crippen LogP contribution in [0.15, 0.2) is 18.2 Å². The zero-order valence-electron chi connectivity index (χ0n) is 17.3. The number of likely N-dealkylation sites (tertiary alicyclic amines) is 1. The van der Waals surface area contributed by atoms with Gasteiger partial charge in [-0.05, 0) is 56.5 Å². The third kappa shape index (κ3) is 6.92. The maximum atomic E-state index is 10.4. The van der Waals surface area contributed by atoms with Crippen molar-refractivity contribution in [2.45, 2.75) is 57.6 Å². The Labute approximate surface area is 169 Å². The fourth-order valence-electron chi connectivity index (χ4n) is 3.94. The fraction of sp³-hybridized carbons (Fsp3) is 0.727. The van der Waals surface area contributed by atoms with Gasteiger partial charge in [0.15, 0.2) is 11.5 Å². The number of benzene rings is 1. The highest BCUT2D eigenvalue weighted by atomic mass is 16.7. The summed E-state index contributed by atoms with van der Waals surface area (Å²) in [5.74, 6) is 1.38. The Bertz CT molecular complexity index is 570. The molecule has 0 spiro atoms. The van der Waals surface area contributed by atoms with Gasteiger partial charge in [-0.15, -0.1) is 0 Å². The fourth-order valence-corrected chi connectivity index (χ4v) is 3.94. The van der Waals surface area contributed by atoms with E-state index in [-0.39, 0.29) is 6.61 Å². The highest BCUT2D eigenvalue weighted by Gasteiger charge is 2.16. The molecule has 2 heterocycles.